The van der Waals surface area contributed by atoms with Crippen molar-refractivity contribution in [1.82, 2.24) is 9.38 Å². The number of nitrogens with zero attached hydrogens (tertiary/aromatic N) is 2. The highest BCUT2D eigenvalue weighted by Gasteiger charge is 2.11. The number of carbonyl (C=O) groups excluding carboxylic acids is 1. The molecule has 33 heavy (non-hydrogen) atoms. The number of hydrogen-bond donors (Lipinski definition) is 1. The fourth-order valence-corrected chi connectivity index (χ4v) is 4.49. The van der Waals surface area contributed by atoms with Crippen LogP contribution in [-0.2, 0) is 4.79 Å². The van der Waals surface area contributed by atoms with Gasteiger partial charge in [0.2, 0.25) is 0 Å². The lowest BCUT2D eigenvalue weighted by molar-refractivity contribution is -0.118. The topological polar surface area (TPSA) is 81.9 Å². The van der Waals surface area contributed by atoms with Gasteiger partial charge in [-0.3, -0.25) is 9.59 Å². The number of anilines is 1. The molecule has 0 bridgehead atoms. The Labute approximate surface area is 192 Å². The fourth-order valence-electron chi connectivity index (χ4n) is 3.51. The molecular formula is C25H19N3O4S. The van der Waals surface area contributed by atoms with Crippen LogP contribution < -0.4 is 24.9 Å². The largest absolute Gasteiger partial charge is 0.495 e. The summed E-state index contributed by atoms with van der Waals surface area (Å²) in [4.78, 5) is 30.3. The summed E-state index contributed by atoms with van der Waals surface area (Å²) in [7, 11) is 1.55. The molecular weight excluding hydrogens is 438 g/mol. The Kier molecular flexibility index (Phi) is 5.50. The highest BCUT2D eigenvalue weighted by atomic mass is 32.1. The van der Waals surface area contributed by atoms with Crippen LogP contribution in [0.1, 0.15) is 5.56 Å². The molecule has 0 saturated carbocycles. The van der Waals surface area contributed by atoms with Crippen molar-refractivity contribution in [2.75, 3.05) is 19.0 Å². The zero-order valence-electron chi connectivity index (χ0n) is 17.6. The number of ether oxygens (including phenoxy) is 2. The summed E-state index contributed by atoms with van der Waals surface area (Å²) in [6, 6.07) is 22.0. The van der Waals surface area contributed by atoms with Gasteiger partial charge in [-0.1, -0.05) is 47.7 Å². The molecule has 1 N–H and O–H groups in total. The van der Waals surface area contributed by atoms with E-state index in [1.807, 2.05) is 54.6 Å². The zero-order chi connectivity index (χ0) is 22.8. The van der Waals surface area contributed by atoms with E-state index in [1.165, 1.54) is 11.3 Å². The lowest BCUT2D eigenvalue weighted by Crippen LogP contribution is -2.22. The predicted molar refractivity (Wildman–Crippen MR) is 129 cm³/mol. The molecule has 0 saturated heterocycles. The Morgan fingerprint density at radius 3 is 2.64 bits per heavy atom. The van der Waals surface area contributed by atoms with Crippen molar-refractivity contribution >= 4 is 45.0 Å². The molecule has 0 unspecified atom stereocenters. The van der Waals surface area contributed by atoms with Crippen molar-refractivity contribution in [3.63, 3.8) is 0 Å². The first-order chi connectivity index (χ1) is 16.1. The molecule has 5 aromatic rings. The summed E-state index contributed by atoms with van der Waals surface area (Å²) in [5, 5.41) is 2.77. The van der Waals surface area contributed by atoms with Crippen LogP contribution in [0.4, 0.5) is 5.69 Å². The van der Waals surface area contributed by atoms with Crippen LogP contribution in [0.15, 0.2) is 77.6 Å². The number of para-hydroxylation sites is 4. The van der Waals surface area contributed by atoms with E-state index in [0.717, 1.165) is 16.6 Å². The van der Waals surface area contributed by atoms with Gasteiger partial charge >= 0.3 is 0 Å². The number of rotatable bonds is 6. The van der Waals surface area contributed by atoms with Gasteiger partial charge in [-0.2, -0.15) is 0 Å². The van der Waals surface area contributed by atoms with Gasteiger partial charge in [0.1, 0.15) is 11.5 Å². The van der Waals surface area contributed by atoms with Crippen molar-refractivity contribution in [2.24, 2.45) is 0 Å². The first-order valence-electron chi connectivity index (χ1n) is 10.2. The third kappa shape index (κ3) is 4.16. The third-order valence-corrected chi connectivity index (χ3v) is 6.04. The van der Waals surface area contributed by atoms with Crippen molar-refractivity contribution in [2.45, 2.75) is 0 Å². The monoisotopic (exact) mass is 457 g/mol. The van der Waals surface area contributed by atoms with Gasteiger partial charge in [-0.25, -0.2) is 9.38 Å². The second kappa shape index (κ2) is 8.76. The lowest BCUT2D eigenvalue weighted by atomic mass is 10.2. The van der Waals surface area contributed by atoms with Gasteiger partial charge in [0, 0.05) is 0 Å². The molecule has 164 valence electrons. The van der Waals surface area contributed by atoms with Gasteiger partial charge in [-0.15, -0.1) is 0 Å². The third-order valence-electron chi connectivity index (χ3n) is 5.07. The minimum absolute atomic E-state index is 0.0861. The van der Waals surface area contributed by atoms with Crippen molar-refractivity contribution < 1.29 is 14.3 Å². The standard InChI is InChI=1S/C25H19N3O4S/c1-31-21-9-5-3-7-19(21)26-23(29)15-32-17-12-10-16(11-13-17)14-22-24(30)28-20-8-4-2-6-18(20)27-25(28)33-22/h2-14H,15H2,1H3,(H,26,29). The molecule has 0 aliphatic rings. The molecule has 0 spiro atoms. The molecule has 0 aliphatic carbocycles. The van der Waals surface area contributed by atoms with E-state index in [4.69, 9.17) is 9.47 Å². The molecule has 5 rings (SSSR count). The number of hydrogen-bond acceptors (Lipinski definition) is 6. The van der Waals surface area contributed by atoms with Crippen LogP contribution in [-0.4, -0.2) is 29.0 Å². The average Bonchev–Trinajstić information content (AvgIpc) is 3.35. The normalized spacial score (nSPS) is 11.7. The minimum atomic E-state index is -0.291. The molecule has 1 amide bonds. The van der Waals surface area contributed by atoms with Crippen LogP contribution in [0, 0.1) is 0 Å². The van der Waals surface area contributed by atoms with E-state index in [-0.39, 0.29) is 18.1 Å². The molecule has 0 radical (unpaired) electrons. The molecule has 8 heteroatoms. The second-order valence-electron chi connectivity index (χ2n) is 7.24. The number of nitrogens with one attached hydrogen (secondary N) is 1. The number of fused-ring (bicyclic) bond motifs is 3. The van der Waals surface area contributed by atoms with Gasteiger partial charge < -0.3 is 14.8 Å². The summed E-state index contributed by atoms with van der Waals surface area (Å²) in [5.74, 6) is 0.842. The summed E-state index contributed by atoms with van der Waals surface area (Å²) in [6.07, 6.45) is 1.83. The SMILES string of the molecule is COc1ccccc1NC(=O)COc1ccc(C=c2sc3nc4ccccc4n3c2=O)cc1. The van der Waals surface area contributed by atoms with E-state index in [9.17, 15) is 9.59 Å². The maximum Gasteiger partial charge on any atom is 0.274 e. The molecule has 0 fully saturated rings. The summed E-state index contributed by atoms with van der Waals surface area (Å²) in [5.41, 5.74) is 2.97. The van der Waals surface area contributed by atoms with Crippen LogP contribution in [0.5, 0.6) is 11.5 Å². The van der Waals surface area contributed by atoms with Crippen LogP contribution >= 0.6 is 11.3 Å². The van der Waals surface area contributed by atoms with Crippen LogP contribution in [0.3, 0.4) is 0 Å². The molecule has 2 aromatic heterocycles. The molecule has 7 nitrogen and oxygen atoms in total. The summed E-state index contributed by atoms with van der Waals surface area (Å²) >= 11 is 1.36. The van der Waals surface area contributed by atoms with Crippen LogP contribution in [0.25, 0.3) is 22.1 Å². The maximum absolute atomic E-state index is 12.9. The quantitative estimate of drug-likeness (QED) is 0.422. The number of imidazole rings is 1. The van der Waals surface area contributed by atoms with Gasteiger partial charge in [0.15, 0.2) is 11.6 Å². The van der Waals surface area contributed by atoms with E-state index < -0.39 is 0 Å². The minimum Gasteiger partial charge on any atom is -0.495 e. The Morgan fingerprint density at radius 1 is 1.06 bits per heavy atom. The lowest BCUT2D eigenvalue weighted by Gasteiger charge is -2.10. The molecule has 0 atom stereocenters. The summed E-state index contributed by atoms with van der Waals surface area (Å²) in [6.45, 7) is -0.138. The van der Waals surface area contributed by atoms with Crippen molar-refractivity contribution in [1.29, 1.82) is 0 Å². The molecule has 3 aromatic carbocycles. The average molecular weight is 458 g/mol. The fraction of sp³-hybridized carbons (Fsp3) is 0.0800. The van der Waals surface area contributed by atoms with E-state index in [2.05, 4.69) is 10.3 Å². The van der Waals surface area contributed by atoms with Gasteiger partial charge in [0.05, 0.1) is 28.4 Å². The smallest absolute Gasteiger partial charge is 0.274 e. The Hall–Kier alpha value is -4.17. The van der Waals surface area contributed by atoms with E-state index in [1.54, 1.807) is 35.8 Å². The second-order valence-corrected chi connectivity index (χ2v) is 8.25. The molecule has 0 aliphatic heterocycles. The van der Waals surface area contributed by atoms with Crippen molar-refractivity contribution in [3.8, 4) is 11.5 Å². The van der Waals surface area contributed by atoms with Gasteiger partial charge in [0.25, 0.3) is 11.5 Å². The van der Waals surface area contributed by atoms with Crippen LogP contribution in [0.2, 0.25) is 0 Å². The van der Waals surface area contributed by atoms with Crippen molar-refractivity contribution in [3.05, 3.63) is 93.2 Å². The van der Waals surface area contributed by atoms with E-state index in [0.29, 0.717) is 26.7 Å². The number of carbonyl (C=O) groups is 1. The predicted octanol–water partition coefficient (Wildman–Crippen LogP) is 3.48. The first-order valence-corrected chi connectivity index (χ1v) is 11.0. The highest BCUT2D eigenvalue weighted by Crippen LogP contribution is 2.23. The molecule has 2 heterocycles. The number of aromatic nitrogens is 2. The maximum atomic E-state index is 12.9. The Bertz CT molecular complexity index is 1570. The number of thiazole rings is 1. The Balaban J connectivity index is 1.29. The Morgan fingerprint density at radius 2 is 1.82 bits per heavy atom. The summed E-state index contributed by atoms with van der Waals surface area (Å²) < 4.78 is 13.1. The number of amides is 1. The number of methoxy groups -OCH3 is 1. The van der Waals surface area contributed by atoms with Gasteiger partial charge in [-0.05, 0) is 48.0 Å². The number of benzene rings is 3. The highest BCUT2D eigenvalue weighted by molar-refractivity contribution is 7.15. The zero-order valence-corrected chi connectivity index (χ0v) is 18.5. The first kappa shape index (κ1) is 20.7. The van der Waals surface area contributed by atoms with E-state index >= 15 is 0 Å².